The highest BCUT2D eigenvalue weighted by atomic mass is 16.5. The maximum absolute atomic E-state index is 12.2. The molecule has 4 heteroatoms. The Labute approximate surface area is 125 Å². The summed E-state index contributed by atoms with van der Waals surface area (Å²) in [6.45, 7) is 4.16. The molecule has 1 unspecified atom stereocenters. The smallest absolute Gasteiger partial charge is 0.251 e. The van der Waals surface area contributed by atoms with Gasteiger partial charge in [0.05, 0.1) is 13.2 Å². The molecule has 1 aromatic rings. The van der Waals surface area contributed by atoms with Gasteiger partial charge in [0.15, 0.2) is 0 Å². The fourth-order valence-electron chi connectivity index (χ4n) is 2.29. The summed E-state index contributed by atoms with van der Waals surface area (Å²) in [7, 11) is 0. The second-order valence-corrected chi connectivity index (χ2v) is 5.30. The fraction of sp³-hybridized carbons (Fsp3) is 0.471. The average Bonchev–Trinajstić information content (AvgIpc) is 2.98. The number of aryl methyl sites for hydroxylation is 1. The minimum Gasteiger partial charge on any atom is -0.395 e. The average molecular weight is 287 g/mol. The summed E-state index contributed by atoms with van der Waals surface area (Å²) in [5.74, 6) is 6.19. The van der Waals surface area contributed by atoms with Crippen molar-refractivity contribution in [2.24, 2.45) is 5.92 Å². The van der Waals surface area contributed by atoms with Gasteiger partial charge in [-0.1, -0.05) is 11.8 Å². The molecule has 2 rings (SSSR count). The van der Waals surface area contributed by atoms with Gasteiger partial charge in [0.25, 0.3) is 5.91 Å². The third-order valence-electron chi connectivity index (χ3n) is 3.38. The lowest BCUT2D eigenvalue weighted by Gasteiger charge is -2.10. The molecule has 0 aromatic heterocycles. The largest absolute Gasteiger partial charge is 0.395 e. The molecule has 0 radical (unpaired) electrons. The molecule has 1 amide bonds. The van der Waals surface area contributed by atoms with Crippen molar-refractivity contribution in [3.8, 4) is 11.8 Å². The quantitative estimate of drug-likeness (QED) is 0.825. The number of aliphatic hydroxyl groups is 1. The maximum atomic E-state index is 12.2. The molecule has 0 aliphatic carbocycles. The molecule has 1 aromatic carbocycles. The van der Waals surface area contributed by atoms with E-state index in [1.165, 1.54) is 0 Å². The summed E-state index contributed by atoms with van der Waals surface area (Å²) in [6, 6.07) is 5.58. The zero-order chi connectivity index (χ0) is 15.1. The zero-order valence-electron chi connectivity index (χ0n) is 12.3. The Morgan fingerprint density at radius 2 is 2.33 bits per heavy atom. The summed E-state index contributed by atoms with van der Waals surface area (Å²) in [6.07, 6.45) is 1.45. The first kappa shape index (κ1) is 15.6. The van der Waals surface area contributed by atoms with Gasteiger partial charge >= 0.3 is 0 Å². The van der Waals surface area contributed by atoms with Gasteiger partial charge in [-0.2, -0.15) is 0 Å². The van der Waals surface area contributed by atoms with Crippen molar-refractivity contribution >= 4 is 5.91 Å². The molecule has 112 valence electrons. The predicted molar refractivity (Wildman–Crippen MR) is 81.0 cm³/mol. The number of aliphatic hydroxyl groups excluding tert-OH is 1. The van der Waals surface area contributed by atoms with E-state index >= 15 is 0 Å². The lowest BCUT2D eigenvalue weighted by Crippen LogP contribution is -2.29. The van der Waals surface area contributed by atoms with Gasteiger partial charge in [0, 0.05) is 36.6 Å². The van der Waals surface area contributed by atoms with Crippen molar-refractivity contribution in [3.63, 3.8) is 0 Å². The van der Waals surface area contributed by atoms with Crippen LogP contribution in [0.25, 0.3) is 0 Å². The Hall–Kier alpha value is -1.83. The lowest BCUT2D eigenvalue weighted by molar-refractivity contribution is 0.0945. The number of carbonyl (C=O) groups is 1. The summed E-state index contributed by atoms with van der Waals surface area (Å²) in [4.78, 5) is 12.2. The topological polar surface area (TPSA) is 58.6 Å². The van der Waals surface area contributed by atoms with E-state index in [-0.39, 0.29) is 12.5 Å². The molecule has 0 spiro atoms. The first-order valence-electron chi connectivity index (χ1n) is 7.26. The SMILES string of the molecule is Cc1cc(C#CCCO)cc(C(=O)NCC2CCOC2)c1. The molecule has 1 heterocycles. The second kappa shape index (κ2) is 7.82. The molecule has 1 saturated heterocycles. The molecular weight excluding hydrogens is 266 g/mol. The van der Waals surface area contributed by atoms with Crippen molar-refractivity contribution in [1.29, 1.82) is 0 Å². The first-order valence-corrected chi connectivity index (χ1v) is 7.26. The minimum absolute atomic E-state index is 0.0512. The Balaban J connectivity index is 2.00. The van der Waals surface area contributed by atoms with Crippen molar-refractivity contribution < 1.29 is 14.6 Å². The molecule has 1 aliphatic heterocycles. The van der Waals surface area contributed by atoms with E-state index in [0.717, 1.165) is 30.8 Å². The van der Waals surface area contributed by atoms with Crippen molar-refractivity contribution in [2.45, 2.75) is 19.8 Å². The summed E-state index contributed by atoms with van der Waals surface area (Å²) < 4.78 is 5.30. The monoisotopic (exact) mass is 287 g/mol. The van der Waals surface area contributed by atoms with E-state index in [2.05, 4.69) is 17.2 Å². The molecule has 0 saturated carbocycles. The van der Waals surface area contributed by atoms with Gasteiger partial charge < -0.3 is 15.2 Å². The number of hydrogen-bond donors (Lipinski definition) is 2. The van der Waals surface area contributed by atoms with E-state index < -0.39 is 0 Å². The number of amides is 1. The van der Waals surface area contributed by atoms with Gasteiger partial charge in [0.1, 0.15) is 0 Å². The number of benzene rings is 1. The van der Waals surface area contributed by atoms with Crippen LogP contribution in [0.1, 0.15) is 34.3 Å². The molecule has 4 nitrogen and oxygen atoms in total. The Kier molecular flexibility index (Phi) is 5.79. The third-order valence-corrected chi connectivity index (χ3v) is 3.38. The van der Waals surface area contributed by atoms with Crippen LogP contribution in [0, 0.1) is 24.7 Å². The van der Waals surface area contributed by atoms with Crippen LogP contribution in [0.15, 0.2) is 18.2 Å². The summed E-state index contributed by atoms with van der Waals surface area (Å²) >= 11 is 0. The second-order valence-electron chi connectivity index (χ2n) is 5.30. The molecular formula is C17H21NO3. The van der Waals surface area contributed by atoms with Crippen molar-refractivity contribution in [2.75, 3.05) is 26.4 Å². The van der Waals surface area contributed by atoms with Gasteiger partial charge in [-0.05, 0) is 37.1 Å². The normalized spacial score (nSPS) is 17.1. The molecule has 21 heavy (non-hydrogen) atoms. The van der Waals surface area contributed by atoms with Crippen LogP contribution >= 0.6 is 0 Å². The van der Waals surface area contributed by atoms with Crippen molar-refractivity contribution in [3.05, 3.63) is 34.9 Å². The zero-order valence-corrected chi connectivity index (χ0v) is 12.3. The van der Waals surface area contributed by atoms with Gasteiger partial charge in [0.2, 0.25) is 0 Å². The van der Waals surface area contributed by atoms with Gasteiger partial charge in [-0.25, -0.2) is 0 Å². The fourth-order valence-corrected chi connectivity index (χ4v) is 2.29. The molecule has 2 N–H and O–H groups in total. The highest BCUT2D eigenvalue weighted by Gasteiger charge is 2.16. The summed E-state index contributed by atoms with van der Waals surface area (Å²) in [5.41, 5.74) is 2.43. The minimum atomic E-state index is -0.0733. The van der Waals surface area contributed by atoms with E-state index in [1.54, 1.807) is 6.07 Å². The molecule has 1 atom stereocenters. The van der Waals surface area contributed by atoms with E-state index in [1.807, 2.05) is 19.1 Å². The third kappa shape index (κ3) is 4.89. The Morgan fingerprint density at radius 3 is 3.05 bits per heavy atom. The first-order chi connectivity index (χ1) is 10.2. The highest BCUT2D eigenvalue weighted by Crippen LogP contribution is 2.12. The number of nitrogens with one attached hydrogen (secondary N) is 1. The van der Waals surface area contributed by atoms with Crippen LogP contribution in [0.5, 0.6) is 0 Å². The van der Waals surface area contributed by atoms with Crippen LogP contribution in [0.4, 0.5) is 0 Å². The van der Waals surface area contributed by atoms with Crippen LogP contribution < -0.4 is 5.32 Å². The van der Waals surface area contributed by atoms with Crippen molar-refractivity contribution in [1.82, 2.24) is 5.32 Å². The molecule has 1 fully saturated rings. The van der Waals surface area contributed by atoms with E-state index in [9.17, 15) is 4.79 Å². The van der Waals surface area contributed by atoms with Crippen LogP contribution in [-0.2, 0) is 4.74 Å². The van der Waals surface area contributed by atoms with Gasteiger partial charge in [-0.3, -0.25) is 4.79 Å². The molecule has 0 bridgehead atoms. The number of rotatable bonds is 4. The number of ether oxygens (including phenoxy) is 1. The van der Waals surface area contributed by atoms with Crippen LogP contribution in [0.3, 0.4) is 0 Å². The van der Waals surface area contributed by atoms with E-state index in [4.69, 9.17) is 9.84 Å². The van der Waals surface area contributed by atoms with Crippen LogP contribution in [-0.4, -0.2) is 37.4 Å². The lowest BCUT2D eigenvalue weighted by atomic mass is 10.1. The maximum Gasteiger partial charge on any atom is 0.251 e. The Bertz CT molecular complexity index is 551. The number of hydrogen-bond acceptors (Lipinski definition) is 3. The Morgan fingerprint density at radius 1 is 1.48 bits per heavy atom. The predicted octanol–water partition coefficient (Wildman–Crippen LogP) is 1.50. The standard InChI is InChI=1S/C17H21NO3/c1-13-8-14(4-2-3-6-19)10-16(9-13)17(20)18-11-15-5-7-21-12-15/h8-10,15,19H,3,5-7,11-12H2,1H3,(H,18,20). The molecule has 1 aliphatic rings. The number of carbonyl (C=O) groups excluding carboxylic acids is 1. The highest BCUT2D eigenvalue weighted by molar-refractivity contribution is 5.94. The van der Waals surface area contributed by atoms with Crippen LogP contribution in [0.2, 0.25) is 0 Å². The summed E-state index contributed by atoms with van der Waals surface area (Å²) in [5, 5.41) is 11.7. The van der Waals surface area contributed by atoms with E-state index in [0.29, 0.717) is 24.4 Å². The van der Waals surface area contributed by atoms with Gasteiger partial charge in [-0.15, -0.1) is 0 Å².